The van der Waals surface area contributed by atoms with Crippen molar-refractivity contribution in [3.05, 3.63) is 60.7 Å². The normalized spacial score (nSPS) is 11.8. The summed E-state index contributed by atoms with van der Waals surface area (Å²) in [4.78, 5) is 0. The maximum absolute atomic E-state index is 10.4. The summed E-state index contributed by atoms with van der Waals surface area (Å²) in [5.74, 6) is -0.232. The van der Waals surface area contributed by atoms with Crippen molar-refractivity contribution >= 4 is 43.5 Å². The number of hydrogen-bond acceptors (Lipinski definition) is 3. The van der Waals surface area contributed by atoms with E-state index < -0.39 is 0 Å². The molecule has 0 amide bonds. The lowest BCUT2D eigenvalue weighted by atomic mass is 10.0. The maximum Gasteiger partial charge on any atom is 0.166 e. The van der Waals surface area contributed by atoms with E-state index in [9.17, 15) is 10.2 Å². The fourth-order valence-corrected chi connectivity index (χ4v) is 3.38. The molecule has 3 nitrogen and oxygen atoms in total. The third-order valence-electron chi connectivity index (χ3n) is 4.46. The van der Waals surface area contributed by atoms with Gasteiger partial charge in [0.05, 0.1) is 0 Å². The van der Waals surface area contributed by atoms with Crippen LogP contribution in [-0.4, -0.2) is 10.2 Å². The molecule has 4 aromatic carbocycles. The molecule has 1 heterocycles. The Morgan fingerprint density at radius 2 is 1.43 bits per heavy atom. The number of phenols is 2. The molecule has 3 heteroatoms. The Bertz CT molecular complexity index is 1230. The van der Waals surface area contributed by atoms with Gasteiger partial charge in [0.15, 0.2) is 11.5 Å². The molecule has 110 valence electrons. The van der Waals surface area contributed by atoms with Crippen molar-refractivity contribution in [3.63, 3.8) is 0 Å². The van der Waals surface area contributed by atoms with E-state index in [-0.39, 0.29) is 11.5 Å². The van der Waals surface area contributed by atoms with Crippen LogP contribution in [0, 0.1) is 0 Å². The van der Waals surface area contributed by atoms with Gasteiger partial charge in [-0.15, -0.1) is 0 Å². The molecule has 0 saturated heterocycles. The van der Waals surface area contributed by atoms with E-state index in [1.807, 2.05) is 48.5 Å². The Hall–Kier alpha value is -3.20. The molecule has 23 heavy (non-hydrogen) atoms. The van der Waals surface area contributed by atoms with E-state index in [0.29, 0.717) is 11.0 Å². The van der Waals surface area contributed by atoms with Gasteiger partial charge in [-0.05, 0) is 29.0 Å². The van der Waals surface area contributed by atoms with E-state index in [4.69, 9.17) is 4.42 Å². The summed E-state index contributed by atoms with van der Waals surface area (Å²) in [7, 11) is 0. The zero-order valence-corrected chi connectivity index (χ0v) is 12.1. The first-order valence-electron chi connectivity index (χ1n) is 7.41. The molecule has 0 bridgehead atoms. The summed E-state index contributed by atoms with van der Waals surface area (Å²) < 4.78 is 6.08. The molecule has 1 aromatic heterocycles. The zero-order chi connectivity index (χ0) is 15.6. The maximum atomic E-state index is 10.4. The van der Waals surface area contributed by atoms with Crippen molar-refractivity contribution < 1.29 is 14.6 Å². The lowest BCUT2D eigenvalue weighted by Gasteiger charge is -2.04. The van der Waals surface area contributed by atoms with Crippen molar-refractivity contribution in [3.8, 4) is 11.5 Å². The SMILES string of the molecule is Oc1ccc2ccc3oc4c5ccccc5ccc4c3c2c1O. The number of furan rings is 1. The second-order valence-electron chi connectivity index (χ2n) is 5.74. The van der Waals surface area contributed by atoms with Crippen LogP contribution in [0.4, 0.5) is 0 Å². The predicted octanol–water partition coefficient (Wildman–Crippen LogP) is 5.30. The molecule has 0 aliphatic heterocycles. The van der Waals surface area contributed by atoms with Crippen LogP contribution in [0.5, 0.6) is 11.5 Å². The number of hydrogen-bond donors (Lipinski definition) is 2. The van der Waals surface area contributed by atoms with E-state index in [1.165, 1.54) is 6.07 Å². The zero-order valence-electron chi connectivity index (χ0n) is 12.1. The van der Waals surface area contributed by atoms with Crippen LogP contribution in [0.3, 0.4) is 0 Å². The summed E-state index contributed by atoms with van der Waals surface area (Å²) in [6.45, 7) is 0. The highest BCUT2D eigenvalue weighted by Crippen LogP contribution is 2.43. The number of rotatable bonds is 0. The Balaban J connectivity index is 2.11. The van der Waals surface area contributed by atoms with E-state index in [0.717, 1.165) is 32.5 Å². The van der Waals surface area contributed by atoms with Gasteiger partial charge in [-0.2, -0.15) is 0 Å². The van der Waals surface area contributed by atoms with Crippen molar-refractivity contribution in [2.24, 2.45) is 0 Å². The highest BCUT2D eigenvalue weighted by Gasteiger charge is 2.16. The molecule has 0 radical (unpaired) electrons. The first kappa shape index (κ1) is 12.4. The molecule has 0 fully saturated rings. The van der Waals surface area contributed by atoms with Gasteiger partial charge in [0.2, 0.25) is 0 Å². The monoisotopic (exact) mass is 300 g/mol. The molecule has 0 aliphatic carbocycles. The minimum absolute atomic E-state index is 0.107. The number of aromatic hydroxyl groups is 2. The van der Waals surface area contributed by atoms with Crippen LogP contribution >= 0.6 is 0 Å². The number of phenolic OH excluding ortho intramolecular Hbond substituents is 2. The molecule has 0 unspecified atom stereocenters. The molecular formula is C20H12O3. The largest absolute Gasteiger partial charge is 0.504 e. The van der Waals surface area contributed by atoms with Gasteiger partial charge >= 0.3 is 0 Å². The molecule has 2 N–H and O–H groups in total. The molecule has 0 saturated carbocycles. The predicted molar refractivity (Wildman–Crippen MR) is 92.1 cm³/mol. The third kappa shape index (κ3) is 1.53. The van der Waals surface area contributed by atoms with Crippen molar-refractivity contribution in [2.75, 3.05) is 0 Å². The molecule has 5 rings (SSSR count). The second kappa shape index (κ2) is 4.17. The van der Waals surface area contributed by atoms with Crippen molar-refractivity contribution in [2.45, 2.75) is 0 Å². The molecular weight excluding hydrogens is 288 g/mol. The molecule has 0 spiro atoms. The second-order valence-corrected chi connectivity index (χ2v) is 5.74. The standard InChI is InChI=1S/C20H12O3/c21-15-9-6-12-7-10-16-18(17(12)19(15)22)14-8-5-11-3-1-2-4-13(11)20(14)23-16/h1-10,21-22H. The Labute approximate surface area is 131 Å². The fraction of sp³-hybridized carbons (Fsp3) is 0. The molecule has 0 aliphatic rings. The van der Waals surface area contributed by atoms with E-state index in [2.05, 4.69) is 0 Å². The minimum atomic E-state index is -0.125. The van der Waals surface area contributed by atoms with Crippen LogP contribution in [-0.2, 0) is 0 Å². The fourth-order valence-electron chi connectivity index (χ4n) is 3.38. The van der Waals surface area contributed by atoms with E-state index in [1.54, 1.807) is 6.07 Å². The van der Waals surface area contributed by atoms with Gasteiger partial charge in [-0.3, -0.25) is 0 Å². The highest BCUT2D eigenvalue weighted by atomic mass is 16.3. The topological polar surface area (TPSA) is 53.6 Å². The van der Waals surface area contributed by atoms with Gasteiger partial charge in [-0.25, -0.2) is 0 Å². The molecule has 5 aromatic rings. The van der Waals surface area contributed by atoms with Gasteiger partial charge in [-0.1, -0.05) is 42.5 Å². The van der Waals surface area contributed by atoms with Crippen molar-refractivity contribution in [1.29, 1.82) is 0 Å². The Morgan fingerprint density at radius 1 is 0.652 bits per heavy atom. The quantitative estimate of drug-likeness (QED) is 0.381. The van der Waals surface area contributed by atoms with Crippen LogP contribution in [0.25, 0.3) is 43.5 Å². The summed E-state index contributed by atoms with van der Waals surface area (Å²) in [6.07, 6.45) is 0. The van der Waals surface area contributed by atoms with Gasteiger partial charge in [0.1, 0.15) is 11.2 Å². The smallest absolute Gasteiger partial charge is 0.166 e. The summed E-state index contributed by atoms with van der Waals surface area (Å²) in [5, 5.41) is 25.6. The third-order valence-corrected chi connectivity index (χ3v) is 4.46. The minimum Gasteiger partial charge on any atom is -0.504 e. The average molecular weight is 300 g/mol. The Kier molecular flexibility index (Phi) is 2.24. The highest BCUT2D eigenvalue weighted by molar-refractivity contribution is 6.24. The summed E-state index contributed by atoms with van der Waals surface area (Å²) in [6, 6.07) is 19.2. The van der Waals surface area contributed by atoms with Gasteiger partial charge in [0, 0.05) is 21.5 Å². The molecule has 0 atom stereocenters. The van der Waals surface area contributed by atoms with Crippen molar-refractivity contribution in [1.82, 2.24) is 0 Å². The lowest BCUT2D eigenvalue weighted by molar-refractivity contribution is 0.408. The number of benzene rings is 4. The van der Waals surface area contributed by atoms with Crippen LogP contribution in [0.1, 0.15) is 0 Å². The van der Waals surface area contributed by atoms with Crippen LogP contribution < -0.4 is 0 Å². The first-order chi connectivity index (χ1) is 11.2. The summed E-state index contributed by atoms with van der Waals surface area (Å²) in [5.41, 5.74) is 1.50. The van der Waals surface area contributed by atoms with Crippen LogP contribution in [0.15, 0.2) is 65.1 Å². The lowest BCUT2D eigenvalue weighted by Crippen LogP contribution is -1.78. The average Bonchev–Trinajstić information content (AvgIpc) is 2.97. The number of fused-ring (bicyclic) bond motifs is 7. The van der Waals surface area contributed by atoms with Gasteiger partial charge < -0.3 is 14.6 Å². The van der Waals surface area contributed by atoms with Crippen LogP contribution in [0.2, 0.25) is 0 Å². The first-order valence-corrected chi connectivity index (χ1v) is 7.41. The summed E-state index contributed by atoms with van der Waals surface area (Å²) >= 11 is 0. The Morgan fingerprint density at radius 3 is 2.35 bits per heavy atom. The van der Waals surface area contributed by atoms with Gasteiger partial charge in [0.25, 0.3) is 0 Å². The van der Waals surface area contributed by atoms with E-state index >= 15 is 0 Å².